The Hall–Kier alpha value is -1.83. The number of aromatic hydroxyl groups is 1. The summed E-state index contributed by atoms with van der Waals surface area (Å²) in [5.41, 5.74) is 4.52. The molecule has 1 aromatic carbocycles. The van der Waals surface area contributed by atoms with Gasteiger partial charge in [-0.3, -0.25) is 4.79 Å². The first kappa shape index (κ1) is 13.2. The fraction of sp³-hybridized carbons (Fsp3) is 0.389. The minimum atomic E-state index is 0.0857. The number of Topliss-reactive ketones (excluding diaryl/α,β-unsaturated/α-hetero) is 1. The highest BCUT2D eigenvalue weighted by Gasteiger charge is 2.45. The Morgan fingerprint density at radius 2 is 2.25 bits per heavy atom. The Bertz CT molecular complexity index is 624. The molecule has 1 unspecified atom stereocenters. The van der Waals surface area contributed by atoms with Crippen molar-refractivity contribution in [3.63, 3.8) is 0 Å². The van der Waals surface area contributed by atoms with Gasteiger partial charge in [0.1, 0.15) is 5.75 Å². The van der Waals surface area contributed by atoms with E-state index in [4.69, 9.17) is 0 Å². The molecule has 1 aromatic rings. The molecule has 1 atom stereocenters. The average Bonchev–Trinajstić information content (AvgIpc) is 2.77. The number of benzene rings is 1. The third kappa shape index (κ3) is 1.75. The molecule has 20 heavy (non-hydrogen) atoms. The first-order valence-corrected chi connectivity index (χ1v) is 7.31. The minimum Gasteiger partial charge on any atom is -0.508 e. The molecule has 2 aliphatic carbocycles. The van der Waals surface area contributed by atoms with Crippen LogP contribution in [0.2, 0.25) is 0 Å². The lowest BCUT2D eigenvalue weighted by Gasteiger charge is -2.35. The Balaban J connectivity index is 2.28. The summed E-state index contributed by atoms with van der Waals surface area (Å²) in [6.07, 6.45) is 6.03. The normalized spacial score (nSPS) is 24.6. The van der Waals surface area contributed by atoms with E-state index in [0.717, 1.165) is 30.4 Å². The molecular weight excluding hydrogens is 248 g/mol. The second kappa shape index (κ2) is 4.62. The van der Waals surface area contributed by atoms with Crippen LogP contribution in [0.15, 0.2) is 36.4 Å². The molecule has 0 saturated carbocycles. The maximum Gasteiger partial charge on any atom is 0.159 e. The van der Waals surface area contributed by atoms with Gasteiger partial charge in [-0.2, -0.15) is 0 Å². The summed E-state index contributed by atoms with van der Waals surface area (Å²) in [5.74, 6) is 0.527. The summed E-state index contributed by atoms with van der Waals surface area (Å²) in [6, 6.07) is 5.57. The van der Waals surface area contributed by atoms with Crippen LogP contribution in [0.1, 0.15) is 43.7 Å². The van der Waals surface area contributed by atoms with Gasteiger partial charge in [-0.25, -0.2) is 0 Å². The van der Waals surface area contributed by atoms with Crippen LogP contribution in [0.3, 0.4) is 0 Å². The molecule has 1 N–H and O–H groups in total. The topological polar surface area (TPSA) is 37.3 Å². The third-order valence-electron chi connectivity index (χ3n) is 4.92. The van der Waals surface area contributed by atoms with Gasteiger partial charge in [-0.15, -0.1) is 6.58 Å². The van der Waals surface area contributed by atoms with E-state index < -0.39 is 0 Å². The predicted octanol–water partition coefficient (Wildman–Crippen LogP) is 4.04. The molecule has 0 spiro atoms. The highest BCUT2D eigenvalue weighted by molar-refractivity contribution is 6.06. The number of phenolic OH excluding ortho intramolecular Hbond substituents is 1. The van der Waals surface area contributed by atoms with Crippen molar-refractivity contribution < 1.29 is 9.90 Å². The first-order valence-electron chi connectivity index (χ1n) is 7.31. The number of allylic oxidation sites excluding steroid dienone is 3. The van der Waals surface area contributed by atoms with Gasteiger partial charge in [0.15, 0.2) is 5.78 Å². The number of carbonyl (C=O) groups excluding carboxylic acids is 1. The zero-order chi connectivity index (χ0) is 14.3. The van der Waals surface area contributed by atoms with Crippen LogP contribution in [0.4, 0.5) is 0 Å². The molecule has 0 aromatic heterocycles. The predicted molar refractivity (Wildman–Crippen MR) is 80.5 cm³/mol. The maximum atomic E-state index is 12.3. The summed E-state index contributed by atoms with van der Waals surface area (Å²) >= 11 is 0. The molecule has 0 bridgehead atoms. The molecule has 0 radical (unpaired) electrons. The lowest BCUT2D eigenvalue weighted by molar-refractivity contribution is -0.116. The molecule has 2 aliphatic rings. The molecule has 104 valence electrons. The van der Waals surface area contributed by atoms with Crippen molar-refractivity contribution >= 4 is 11.4 Å². The molecule has 0 heterocycles. The van der Waals surface area contributed by atoms with E-state index in [0.29, 0.717) is 12.8 Å². The molecule has 0 aliphatic heterocycles. The third-order valence-corrected chi connectivity index (χ3v) is 4.92. The monoisotopic (exact) mass is 268 g/mol. The van der Waals surface area contributed by atoms with Crippen molar-refractivity contribution in [2.75, 3.05) is 0 Å². The molecule has 0 fully saturated rings. The lowest BCUT2D eigenvalue weighted by Crippen LogP contribution is -2.28. The van der Waals surface area contributed by atoms with Gasteiger partial charge >= 0.3 is 0 Å². The summed E-state index contributed by atoms with van der Waals surface area (Å²) in [4.78, 5) is 12.3. The molecule has 2 heteroatoms. The van der Waals surface area contributed by atoms with Crippen LogP contribution < -0.4 is 0 Å². The molecule has 0 amide bonds. The number of ketones is 1. The summed E-state index contributed by atoms with van der Waals surface area (Å²) in [5, 5.41) is 9.80. The SMILES string of the molecule is C=CCC1=C2c3cc(O)ccc3CC2(CC)CCC1=O. The highest BCUT2D eigenvalue weighted by Crippen LogP contribution is 2.56. The van der Waals surface area contributed by atoms with Crippen molar-refractivity contribution in [2.45, 2.75) is 39.0 Å². The summed E-state index contributed by atoms with van der Waals surface area (Å²) in [6.45, 7) is 5.99. The van der Waals surface area contributed by atoms with Gasteiger partial charge in [-0.05, 0) is 54.5 Å². The minimum absolute atomic E-state index is 0.0857. The van der Waals surface area contributed by atoms with Crippen LogP contribution in [0.5, 0.6) is 5.75 Å². The van der Waals surface area contributed by atoms with Crippen molar-refractivity contribution in [1.82, 2.24) is 0 Å². The standard InChI is InChI=1S/C18H20O2/c1-3-5-14-16(20)8-9-18(4-2)11-12-6-7-13(19)10-15(12)17(14)18/h3,6-7,10,19H,1,4-5,8-9,11H2,2H3. The van der Waals surface area contributed by atoms with E-state index in [-0.39, 0.29) is 16.9 Å². The Labute approximate surface area is 119 Å². The number of phenols is 1. The second-order valence-electron chi connectivity index (χ2n) is 5.92. The fourth-order valence-corrected chi connectivity index (χ4v) is 3.87. The Morgan fingerprint density at radius 1 is 1.45 bits per heavy atom. The number of hydrogen-bond donors (Lipinski definition) is 1. The molecular formula is C18H20O2. The van der Waals surface area contributed by atoms with Crippen LogP contribution in [0, 0.1) is 5.41 Å². The van der Waals surface area contributed by atoms with Crippen LogP contribution in [-0.4, -0.2) is 10.9 Å². The second-order valence-corrected chi connectivity index (χ2v) is 5.92. The molecule has 2 nitrogen and oxygen atoms in total. The van der Waals surface area contributed by atoms with Crippen molar-refractivity contribution in [3.8, 4) is 5.75 Å². The Kier molecular flexibility index (Phi) is 3.04. The van der Waals surface area contributed by atoms with Crippen molar-refractivity contribution in [1.29, 1.82) is 0 Å². The van der Waals surface area contributed by atoms with E-state index in [2.05, 4.69) is 13.5 Å². The zero-order valence-electron chi connectivity index (χ0n) is 11.9. The smallest absolute Gasteiger partial charge is 0.159 e. The maximum absolute atomic E-state index is 12.3. The summed E-state index contributed by atoms with van der Waals surface area (Å²) in [7, 11) is 0. The van der Waals surface area contributed by atoms with E-state index in [1.54, 1.807) is 6.07 Å². The average molecular weight is 268 g/mol. The van der Waals surface area contributed by atoms with E-state index >= 15 is 0 Å². The van der Waals surface area contributed by atoms with Gasteiger partial charge in [0.05, 0.1) is 0 Å². The zero-order valence-corrected chi connectivity index (χ0v) is 11.9. The number of carbonyl (C=O) groups is 1. The summed E-state index contributed by atoms with van der Waals surface area (Å²) < 4.78 is 0. The van der Waals surface area contributed by atoms with Gasteiger partial charge in [0.2, 0.25) is 0 Å². The van der Waals surface area contributed by atoms with E-state index in [1.165, 1.54) is 11.1 Å². The number of hydrogen-bond acceptors (Lipinski definition) is 2. The van der Waals surface area contributed by atoms with E-state index in [9.17, 15) is 9.90 Å². The highest BCUT2D eigenvalue weighted by atomic mass is 16.3. The molecule has 3 rings (SSSR count). The van der Waals surface area contributed by atoms with Crippen LogP contribution in [0.25, 0.3) is 5.57 Å². The van der Waals surface area contributed by atoms with E-state index in [1.807, 2.05) is 18.2 Å². The van der Waals surface area contributed by atoms with Gasteiger partial charge in [0.25, 0.3) is 0 Å². The largest absolute Gasteiger partial charge is 0.508 e. The molecule has 0 saturated heterocycles. The van der Waals surface area contributed by atoms with Gasteiger partial charge in [0, 0.05) is 17.4 Å². The van der Waals surface area contributed by atoms with Crippen LogP contribution in [-0.2, 0) is 11.2 Å². The fourth-order valence-electron chi connectivity index (χ4n) is 3.87. The lowest BCUT2D eigenvalue weighted by atomic mass is 9.68. The van der Waals surface area contributed by atoms with Crippen molar-refractivity contribution in [3.05, 3.63) is 47.6 Å². The Morgan fingerprint density at radius 3 is 2.95 bits per heavy atom. The van der Waals surface area contributed by atoms with Crippen molar-refractivity contribution in [2.24, 2.45) is 5.41 Å². The van der Waals surface area contributed by atoms with Crippen LogP contribution >= 0.6 is 0 Å². The quantitative estimate of drug-likeness (QED) is 0.840. The number of fused-ring (bicyclic) bond motifs is 3. The van der Waals surface area contributed by atoms with Gasteiger partial charge in [-0.1, -0.05) is 19.1 Å². The number of rotatable bonds is 3. The first-order chi connectivity index (χ1) is 9.61. The van der Waals surface area contributed by atoms with Gasteiger partial charge < -0.3 is 5.11 Å².